The molecule has 0 fully saturated rings. The number of carbonyl (C=O) groups is 1. The van der Waals surface area contributed by atoms with Gasteiger partial charge in [0.2, 0.25) is 5.75 Å². The second kappa shape index (κ2) is 10.7. The molecule has 7 nitrogen and oxygen atoms in total. The summed E-state index contributed by atoms with van der Waals surface area (Å²) in [6.45, 7) is 0.376. The molecule has 3 aromatic carbocycles. The molecule has 178 valence electrons. The minimum atomic E-state index is -0.754. The van der Waals surface area contributed by atoms with Gasteiger partial charge in [-0.2, -0.15) is 4.98 Å². The summed E-state index contributed by atoms with van der Waals surface area (Å²) in [6, 6.07) is 20.0. The fourth-order valence-electron chi connectivity index (χ4n) is 3.44. The van der Waals surface area contributed by atoms with Crippen molar-refractivity contribution in [2.24, 2.45) is 0 Å². The normalized spacial score (nSPS) is 11.7. The van der Waals surface area contributed by atoms with Crippen molar-refractivity contribution in [2.45, 2.75) is 19.1 Å². The third-order valence-corrected chi connectivity index (χ3v) is 5.28. The van der Waals surface area contributed by atoms with Gasteiger partial charge in [-0.3, -0.25) is 10.1 Å². The molecule has 1 aromatic heterocycles. The molecule has 0 aliphatic rings. The smallest absolute Gasteiger partial charge is 0.274 e. The van der Waals surface area contributed by atoms with Crippen LogP contribution in [0.4, 0.5) is 8.78 Å². The predicted octanol–water partition coefficient (Wildman–Crippen LogP) is 3.98. The van der Waals surface area contributed by atoms with E-state index < -0.39 is 35.1 Å². The van der Waals surface area contributed by atoms with Gasteiger partial charge < -0.3 is 15.5 Å². The zero-order valence-electron chi connectivity index (χ0n) is 18.5. The van der Waals surface area contributed by atoms with Crippen LogP contribution < -0.4 is 10.6 Å². The molecule has 0 saturated heterocycles. The molecule has 0 saturated carbocycles. The van der Waals surface area contributed by atoms with Gasteiger partial charge in [0.25, 0.3) is 11.8 Å². The van der Waals surface area contributed by atoms with E-state index in [1.807, 2.05) is 30.3 Å². The predicted molar refractivity (Wildman–Crippen MR) is 124 cm³/mol. The lowest BCUT2D eigenvalue weighted by molar-refractivity contribution is 0.0941. The van der Waals surface area contributed by atoms with Crippen LogP contribution in [0.1, 0.15) is 39.0 Å². The molecule has 1 amide bonds. The van der Waals surface area contributed by atoms with Crippen molar-refractivity contribution in [1.82, 2.24) is 20.6 Å². The third-order valence-electron chi connectivity index (χ3n) is 5.28. The molecule has 0 bridgehead atoms. The molecule has 1 heterocycles. The molecule has 0 aliphatic carbocycles. The Kier molecular flexibility index (Phi) is 7.27. The zero-order valence-corrected chi connectivity index (χ0v) is 18.5. The lowest BCUT2D eigenvalue weighted by Crippen LogP contribution is -2.27. The molecule has 4 rings (SSSR count). The van der Waals surface area contributed by atoms with E-state index in [2.05, 4.69) is 20.6 Å². The zero-order chi connectivity index (χ0) is 24.8. The fourth-order valence-corrected chi connectivity index (χ4v) is 3.44. The summed E-state index contributed by atoms with van der Waals surface area (Å²) in [6.07, 6.45) is 0. The van der Waals surface area contributed by atoms with Gasteiger partial charge in [0.1, 0.15) is 11.6 Å². The summed E-state index contributed by atoms with van der Waals surface area (Å²) in [5.74, 6) is -2.93. The first kappa shape index (κ1) is 23.8. The Bertz CT molecular complexity index is 1300. The Morgan fingerprint density at radius 1 is 0.800 bits per heavy atom. The number of hydrogen-bond acceptors (Lipinski definition) is 6. The number of benzene rings is 3. The van der Waals surface area contributed by atoms with Gasteiger partial charge in [0, 0.05) is 13.1 Å². The number of amides is 1. The Morgan fingerprint density at radius 3 is 1.97 bits per heavy atom. The van der Waals surface area contributed by atoms with Crippen molar-refractivity contribution in [3.05, 3.63) is 119 Å². The molecule has 0 spiro atoms. The summed E-state index contributed by atoms with van der Waals surface area (Å²) >= 11 is 0. The second-order valence-electron chi connectivity index (χ2n) is 7.76. The maximum absolute atomic E-state index is 13.3. The molecular weight excluding hydrogens is 454 g/mol. The Hall–Kier alpha value is -4.37. The highest BCUT2D eigenvalue weighted by Gasteiger charge is 2.24. The summed E-state index contributed by atoms with van der Waals surface area (Å²) in [5.41, 5.74) is 1.78. The van der Waals surface area contributed by atoms with Crippen molar-refractivity contribution >= 4 is 5.91 Å². The average Bonchev–Trinajstić information content (AvgIpc) is 2.87. The Labute approximate surface area is 200 Å². The Morgan fingerprint density at radius 2 is 1.37 bits per heavy atom. The quantitative estimate of drug-likeness (QED) is 0.307. The number of carbonyl (C=O) groups excluding carboxylic acids is 1. The second-order valence-corrected chi connectivity index (χ2v) is 7.76. The number of nitrogens with one attached hydrogen (secondary N) is 2. The monoisotopic (exact) mass is 476 g/mol. The van der Waals surface area contributed by atoms with E-state index in [4.69, 9.17) is 0 Å². The van der Waals surface area contributed by atoms with Crippen LogP contribution in [-0.4, -0.2) is 26.1 Å². The van der Waals surface area contributed by atoms with Crippen LogP contribution in [-0.2, 0) is 13.1 Å². The summed E-state index contributed by atoms with van der Waals surface area (Å²) in [5, 5.41) is 26.4. The average molecular weight is 476 g/mol. The largest absolute Gasteiger partial charge is 0.501 e. The lowest BCUT2D eigenvalue weighted by Gasteiger charge is -2.19. The molecule has 1 atom stereocenters. The van der Waals surface area contributed by atoms with Crippen molar-refractivity contribution in [2.75, 3.05) is 0 Å². The highest BCUT2D eigenvalue weighted by atomic mass is 19.1. The summed E-state index contributed by atoms with van der Waals surface area (Å²) in [7, 11) is 0. The van der Waals surface area contributed by atoms with E-state index in [1.165, 1.54) is 36.4 Å². The Balaban J connectivity index is 1.60. The maximum Gasteiger partial charge on any atom is 0.274 e. The van der Waals surface area contributed by atoms with Gasteiger partial charge in [-0.1, -0.05) is 54.6 Å². The van der Waals surface area contributed by atoms with Crippen LogP contribution >= 0.6 is 0 Å². The van der Waals surface area contributed by atoms with Gasteiger partial charge >= 0.3 is 0 Å². The number of rotatable bonds is 8. The summed E-state index contributed by atoms with van der Waals surface area (Å²) < 4.78 is 26.4. The van der Waals surface area contributed by atoms with Crippen molar-refractivity contribution in [1.29, 1.82) is 0 Å². The third kappa shape index (κ3) is 5.96. The van der Waals surface area contributed by atoms with Gasteiger partial charge in [0.15, 0.2) is 11.5 Å². The number of nitrogens with zero attached hydrogens (tertiary/aromatic N) is 2. The van der Waals surface area contributed by atoms with Crippen LogP contribution in [0.25, 0.3) is 0 Å². The van der Waals surface area contributed by atoms with Crippen molar-refractivity contribution in [3.63, 3.8) is 0 Å². The standard InChI is InChI=1S/C26H22F2N4O3/c27-19-10-6-16(7-11-19)14-29-21(18-4-2-1-3-5-18)24-31-22(23(33)26(35)32-24)25(34)30-15-17-8-12-20(28)13-9-17/h1-13,21,29,33H,14-15H2,(H,30,34)(H,31,32,35). The lowest BCUT2D eigenvalue weighted by atomic mass is 10.1. The van der Waals surface area contributed by atoms with E-state index in [9.17, 15) is 23.8 Å². The number of aromatic nitrogens is 2. The van der Waals surface area contributed by atoms with Crippen LogP contribution in [0.2, 0.25) is 0 Å². The van der Waals surface area contributed by atoms with Crippen molar-refractivity contribution < 1.29 is 23.8 Å². The first-order valence-corrected chi connectivity index (χ1v) is 10.8. The molecular formula is C26H22F2N4O3. The first-order valence-electron chi connectivity index (χ1n) is 10.8. The van der Waals surface area contributed by atoms with Crippen molar-refractivity contribution in [3.8, 4) is 11.6 Å². The fraction of sp³-hybridized carbons (Fsp3) is 0.115. The topological polar surface area (TPSA) is 107 Å². The molecule has 9 heteroatoms. The van der Waals surface area contributed by atoms with E-state index in [0.29, 0.717) is 12.1 Å². The minimum absolute atomic E-state index is 0.0561. The van der Waals surface area contributed by atoms with E-state index in [-0.39, 0.29) is 18.2 Å². The van der Waals surface area contributed by atoms with Crippen LogP contribution in [0, 0.1) is 11.6 Å². The molecule has 4 N–H and O–H groups in total. The van der Waals surface area contributed by atoms with E-state index >= 15 is 0 Å². The van der Waals surface area contributed by atoms with Crippen LogP contribution in [0.5, 0.6) is 11.6 Å². The molecule has 0 aliphatic heterocycles. The number of aromatic hydroxyl groups is 2. The molecule has 4 aromatic rings. The molecule has 1 unspecified atom stereocenters. The summed E-state index contributed by atoms with van der Waals surface area (Å²) in [4.78, 5) is 21.0. The van der Waals surface area contributed by atoms with Gasteiger partial charge in [0.05, 0.1) is 6.04 Å². The van der Waals surface area contributed by atoms with Gasteiger partial charge in [-0.05, 0) is 41.0 Å². The SMILES string of the molecule is O=C(NCc1ccc(F)cc1)c1nc(C(NCc2ccc(F)cc2)c2ccccc2)nc(O)c1O. The molecule has 0 radical (unpaired) electrons. The highest BCUT2D eigenvalue weighted by molar-refractivity contribution is 5.95. The van der Waals surface area contributed by atoms with Gasteiger partial charge in [-0.15, -0.1) is 0 Å². The van der Waals surface area contributed by atoms with Gasteiger partial charge in [-0.25, -0.2) is 13.8 Å². The number of hydrogen-bond donors (Lipinski definition) is 4. The first-order chi connectivity index (χ1) is 16.9. The minimum Gasteiger partial charge on any atom is -0.501 e. The van der Waals surface area contributed by atoms with E-state index in [0.717, 1.165) is 11.1 Å². The van der Waals surface area contributed by atoms with E-state index in [1.54, 1.807) is 12.1 Å². The highest BCUT2D eigenvalue weighted by Crippen LogP contribution is 2.29. The molecule has 35 heavy (non-hydrogen) atoms. The van der Waals surface area contributed by atoms with Crippen LogP contribution in [0.15, 0.2) is 78.9 Å². The van der Waals surface area contributed by atoms with Crippen LogP contribution in [0.3, 0.4) is 0 Å². The maximum atomic E-state index is 13.3. The number of halogens is 2.